The van der Waals surface area contributed by atoms with Crippen LogP contribution in [0.5, 0.6) is 11.5 Å². The van der Waals surface area contributed by atoms with Crippen LogP contribution in [0.1, 0.15) is 50.1 Å². The van der Waals surface area contributed by atoms with Crippen molar-refractivity contribution in [1.29, 1.82) is 0 Å². The number of hydrogen-bond acceptors (Lipinski definition) is 5. The second-order valence-electron chi connectivity index (χ2n) is 6.66. The highest BCUT2D eigenvalue weighted by Gasteiger charge is 2.32. The number of nitrogens with zero attached hydrogens (tertiary/aromatic N) is 2. The van der Waals surface area contributed by atoms with Crippen LogP contribution in [-0.2, 0) is 0 Å². The van der Waals surface area contributed by atoms with E-state index in [1.165, 1.54) is 0 Å². The van der Waals surface area contributed by atoms with Gasteiger partial charge in [0.25, 0.3) is 0 Å². The average molecular weight is 343 g/mol. The van der Waals surface area contributed by atoms with Crippen LogP contribution in [0.4, 0.5) is 10.5 Å². The molecular weight excluding hydrogens is 322 g/mol. The molecule has 2 aromatic rings. The number of hydrogen-bond donors (Lipinski definition) is 1. The van der Waals surface area contributed by atoms with Crippen LogP contribution in [0.25, 0.3) is 0 Å². The Kier molecular flexibility index (Phi) is 3.99. The van der Waals surface area contributed by atoms with Gasteiger partial charge in [-0.05, 0) is 25.0 Å². The molecule has 1 N–H and O–H groups in total. The summed E-state index contributed by atoms with van der Waals surface area (Å²) < 4.78 is 16.0. The lowest BCUT2D eigenvalue weighted by molar-refractivity contribution is 0.174. The Balaban J connectivity index is 1.48. The fourth-order valence-electron chi connectivity index (χ4n) is 3.22. The molecule has 1 aromatic carbocycles. The molecule has 1 aromatic heterocycles. The van der Waals surface area contributed by atoms with Gasteiger partial charge in [-0.15, -0.1) is 0 Å². The second kappa shape index (κ2) is 6.31. The van der Waals surface area contributed by atoms with Crippen molar-refractivity contribution in [3.05, 3.63) is 35.7 Å². The summed E-state index contributed by atoms with van der Waals surface area (Å²) in [5, 5.41) is 7.11. The molecule has 4 rings (SSSR count). The van der Waals surface area contributed by atoms with E-state index in [-0.39, 0.29) is 24.8 Å². The number of nitrogens with one attached hydrogen (secondary N) is 1. The van der Waals surface area contributed by atoms with Gasteiger partial charge in [0.2, 0.25) is 6.79 Å². The number of rotatable bonds is 3. The third-order valence-electron chi connectivity index (χ3n) is 4.59. The van der Waals surface area contributed by atoms with E-state index in [9.17, 15) is 4.79 Å². The van der Waals surface area contributed by atoms with E-state index in [1.54, 1.807) is 12.1 Å². The van der Waals surface area contributed by atoms with Crippen LogP contribution >= 0.6 is 0 Å². The molecule has 2 amide bonds. The Morgan fingerprint density at radius 1 is 1.28 bits per heavy atom. The Bertz CT molecular complexity index is 786. The predicted octanol–water partition coefficient (Wildman–Crippen LogP) is 3.90. The maximum atomic E-state index is 12.7. The van der Waals surface area contributed by atoms with Gasteiger partial charge in [0.05, 0.1) is 6.04 Å². The van der Waals surface area contributed by atoms with Crippen LogP contribution in [0.3, 0.4) is 0 Å². The molecule has 0 saturated carbocycles. The number of ether oxygens (including phenoxy) is 2. The fourth-order valence-corrected chi connectivity index (χ4v) is 3.22. The highest BCUT2D eigenvalue weighted by Crippen LogP contribution is 2.36. The quantitative estimate of drug-likeness (QED) is 0.915. The number of fused-ring (bicyclic) bond motifs is 1. The van der Waals surface area contributed by atoms with Crippen molar-refractivity contribution in [2.24, 2.45) is 0 Å². The van der Waals surface area contributed by atoms with Crippen LogP contribution in [-0.4, -0.2) is 29.4 Å². The van der Waals surface area contributed by atoms with Crippen LogP contribution in [0, 0.1) is 0 Å². The second-order valence-corrected chi connectivity index (χ2v) is 6.66. The minimum Gasteiger partial charge on any atom is -0.454 e. The van der Waals surface area contributed by atoms with E-state index in [2.05, 4.69) is 24.3 Å². The van der Waals surface area contributed by atoms with E-state index in [0.717, 1.165) is 24.3 Å². The lowest BCUT2D eigenvalue weighted by atomic mass is 10.1. The number of amides is 2. The molecule has 1 unspecified atom stereocenters. The first kappa shape index (κ1) is 15.8. The zero-order valence-electron chi connectivity index (χ0n) is 14.3. The largest absolute Gasteiger partial charge is 0.454 e. The normalized spacial score (nSPS) is 18.8. The summed E-state index contributed by atoms with van der Waals surface area (Å²) in [6, 6.07) is 7.15. The van der Waals surface area contributed by atoms with Crippen molar-refractivity contribution in [3.63, 3.8) is 0 Å². The maximum absolute atomic E-state index is 12.7. The molecule has 1 atom stereocenters. The molecule has 1 fully saturated rings. The molecule has 0 spiro atoms. The Morgan fingerprint density at radius 2 is 2.12 bits per heavy atom. The predicted molar refractivity (Wildman–Crippen MR) is 90.9 cm³/mol. The zero-order valence-corrected chi connectivity index (χ0v) is 14.3. The molecule has 3 heterocycles. The number of carbonyl (C=O) groups excluding carboxylic acids is 1. The Labute approximate surface area is 145 Å². The highest BCUT2D eigenvalue weighted by atomic mass is 16.7. The maximum Gasteiger partial charge on any atom is 0.322 e. The highest BCUT2D eigenvalue weighted by molar-refractivity contribution is 5.90. The van der Waals surface area contributed by atoms with Gasteiger partial charge in [0.15, 0.2) is 11.5 Å². The van der Waals surface area contributed by atoms with Gasteiger partial charge in [-0.1, -0.05) is 19.0 Å². The molecule has 7 heteroatoms. The summed E-state index contributed by atoms with van der Waals surface area (Å²) in [6.45, 7) is 5.03. The van der Waals surface area contributed by atoms with Gasteiger partial charge in [0.1, 0.15) is 11.5 Å². The first-order chi connectivity index (χ1) is 12.1. The van der Waals surface area contributed by atoms with E-state index < -0.39 is 0 Å². The van der Waals surface area contributed by atoms with Crippen LogP contribution in [0.15, 0.2) is 28.8 Å². The minimum absolute atomic E-state index is 0.0507. The smallest absolute Gasteiger partial charge is 0.322 e. The van der Waals surface area contributed by atoms with Gasteiger partial charge in [-0.25, -0.2) is 4.79 Å². The molecule has 1 saturated heterocycles. The van der Waals surface area contributed by atoms with Crippen molar-refractivity contribution in [2.75, 3.05) is 18.7 Å². The molecule has 0 radical (unpaired) electrons. The topological polar surface area (TPSA) is 76.8 Å². The van der Waals surface area contributed by atoms with Crippen LogP contribution in [0.2, 0.25) is 0 Å². The van der Waals surface area contributed by atoms with E-state index in [4.69, 9.17) is 14.0 Å². The van der Waals surface area contributed by atoms with Crippen molar-refractivity contribution >= 4 is 11.7 Å². The minimum atomic E-state index is -0.143. The zero-order chi connectivity index (χ0) is 17.4. The number of aromatic nitrogens is 1. The van der Waals surface area contributed by atoms with Gasteiger partial charge < -0.3 is 24.2 Å². The van der Waals surface area contributed by atoms with E-state index in [1.807, 2.05) is 17.0 Å². The first-order valence-corrected chi connectivity index (χ1v) is 8.55. The molecule has 2 aliphatic heterocycles. The van der Waals surface area contributed by atoms with Gasteiger partial charge in [-0.2, -0.15) is 0 Å². The fraction of sp³-hybridized carbons (Fsp3) is 0.444. The van der Waals surface area contributed by atoms with Gasteiger partial charge in [-0.3, -0.25) is 0 Å². The lowest BCUT2D eigenvalue weighted by Gasteiger charge is -2.23. The molecule has 0 bridgehead atoms. The number of benzene rings is 1. The van der Waals surface area contributed by atoms with Gasteiger partial charge >= 0.3 is 6.03 Å². The number of carbonyl (C=O) groups is 1. The third-order valence-corrected chi connectivity index (χ3v) is 4.59. The number of likely N-dealkylation sites (tertiary alicyclic amines) is 1. The van der Waals surface area contributed by atoms with Crippen molar-refractivity contribution in [3.8, 4) is 11.5 Å². The van der Waals surface area contributed by atoms with E-state index >= 15 is 0 Å². The average Bonchev–Trinajstić information content (AvgIpc) is 3.33. The molecule has 0 aliphatic carbocycles. The first-order valence-electron chi connectivity index (χ1n) is 8.55. The monoisotopic (exact) mass is 343 g/mol. The lowest BCUT2D eigenvalue weighted by Crippen LogP contribution is -2.34. The summed E-state index contributed by atoms with van der Waals surface area (Å²) in [6.07, 6.45) is 1.84. The molecule has 25 heavy (non-hydrogen) atoms. The Hall–Kier alpha value is -2.70. The SMILES string of the molecule is CC(C)c1cc(C2CCCN2C(=O)Nc2ccc3c(c2)OCO3)no1. The molecule has 7 nitrogen and oxygen atoms in total. The standard InChI is InChI=1S/C18H21N3O4/c1-11(2)16-9-13(20-25-16)14-4-3-7-21(14)18(22)19-12-5-6-15-17(8-12)24-10-23-15/h5-6,8-9,11,14H,3-4,7,10H2,1-2H3,(H,19,22). The molecular formula is C18H21N3O4. The van der Waals surface area contributed by atoms with Crippen molar-refractivity contribution in [1.82, 2.24) is 10.1 Å². The van der Waals surface area contributed by atoms with E-state index in [0.29, 0.717) is 23.7 Å². The Morgan fingerprint density at radius 3 is 2.92 bits per heavy atom. The third kappa shape index (κ3) is 3.01. The number of urea groups is 1. The van der Waals surface area contributed by atoms with Crippen molar-refractivity contribution in [2.45, 2.75) is 38.6 Å². The van der Waals surface area contributed by atoms with Crippen molar-refractivity contribution < 1.29 is 18.8 Å². The van der Waals surface area contributed by atoms with Crippen LogP contribution < -0.4 is 14.8 Å². The number of anilines is 1. The molecule has 132 valence electrons. The summed E-state index contributed by atoms with van der Waals surface area (Å²) in [5.74, 6) is 2.46. The van der Waals surface area contributed by atoms with Gasteiger partial charge in [0, 0.05) is 30.3 Å². The summed E-state index contributed by atoms with van der Waals surface area (Å²) in [4.78, 5) is 14.5. The summed E-state index contributed by atoms with van der Waals surface area (Å²) in [5.41, 5.74) is 1.50. The summed E-state index contributed by atoms with van der Waals surface area (Å²) in [7, 11) is 0. The molecule has 2 aliphatic rings. The summed E-state index contributed by atoms with van der Waals surface area (Å²) >= 11 is 0.